The lowest BCUT2D eigenvalue weighted by Gasteiger charge is -2.18. The number of nitrogens with zero attached hydrogens (tertiary/aromatic N) is 1. The molecular weight excluding hydrogens is 370 g/mol. The van der Waals surface area contributed by atoms with E-state index in [1.54, 1.807) is 25.2 Å². The van der Waals surface area contributed by atoms with Crippen LogP contribution in [0.2, 0.25) is 0 Å². The number of allylic oxidation sites excluding steroid dienone is 2. The van der Waals surface area contributed by atoms with Crippen molar-refractivity contribution in [2.45, 2.75) is 25.4 Å². The first-order valence-electron chi connectivity index (χ1n) is 9.02. The molecule has 0 aliphatic heterocycles. The van der Waals surface area contributed by atoms with E-state index in [0.717, 1.165) is 6.07 Å². The van der Waals surface area contributed by atoms with Crippen LogP contribution in [0.15, 0.2) is 47.5 Å². The van der Waals surface area contributed by atoms with Crippen LogP contribution in [-0.4, -0.2) is 31.2 Å². The zero-order chi connectivity index (χ0) is 20.5. The van der Waals surface area contributed by atoms with E-state index >= 15 is 0 Å². The number of aliphatic hydroxyl groups is 1. The van der Waals surface area contributed by atoms with Crippen LogP contribution in [-0.2, 0) is 0 Å². The average molecular weight is 391 g/mol. The van der Waals surface area contributed by atoms with Gasteiger partial charge in [0, 0.05) is 19.9 Å². The number of hydrogen-bond acceptors (Lipinski definition) is 2. The lowest BCUT2D eigenvalue weighted by molar-refractivity contribution is -0.140. The van der Waals surface area contributed by atoms with Gasteiger partial charge in [-0.2, -0.15) is 13.2 Å². The lowest BCUT2D eigenvalue weighted by Crippen LogP contribution is -2.20. The summed E-state index contributed by atoms with van der Waals surface area (Å²) in [7, 11) is 1.55. The number of halogens is 4. The Hall–Kier alpha value is -2.47. The molecule has 1 N–H and O–H groups in total. The zero-order valence-corrected chi connectivity index (χ0v) is 15.6. The largest absolute Gasteiger partial charge is 0.399 e. The van der Waals surface area contributed by atoms with Gasteiger partial charge in [-0.1, -0.05) is 37.3 Å². The third kappa shape index (κ3) is 3.74. The second kappa shape index (κ2) is 7.87. The highest BCUT2D eigenvalue weighted by Crippen LogP contribution is 2.54. The van der Waals surface area contributed by atoms with Crippen molar-refractivity contribution in [1.29, 1.82) is 0 Å². The second-order valence-electron chi connectivity index (χ2n) is 6.98. The average Bonchev–Trinajstić information content (AvgIpc) is 2.95. The summed E-state index contributed by atoms with van der Waals surface area (Å²) in [5, 5.41) is 9.16. The molecule has 1 unspecified atom stereocenters. The molecule has 1 aliphatic carbocycles. The van der Waals surface area contributed by atoms with Crippen molar-refractivity contribution in [3.8, 4) is 11.1 Å². The molecule has 0 heterocycles. The van der Waals surface area contributed by atoms with Crippen LogP contribution in [0.25, 0.3) is 16.7 Å². The van der Waals surface area contributed by atoms with Gasteiger partial charge >= 0.3 is 6.18 Å². The molecule has 28 heavy (non-hydrogen) atoms. The van der Waals surface area contributed by atoms with E-state index < -0.39 is 17.9 Å². The van der Waals surface area contributed by atoms with Crippen molar-refractivity contribution in [1.82, 2.24) is 0 Å². The molecule has 0 bridgehead atoms. The second-order valence-corrected chi connectivity index (χ2v) is 6.98. The molecule has 148 valence electrons. The number of aliphatic hydroxyl groups excluding tert-OH is 1. The summed E-state index contributed by atoms with van der Waals surface area (Å²) in [6, 6.07) is 8.57. The standard InChI is InChI=1S/C22H21F4NO/c1-13(7-8-28)9-14(12-27-2)18-10-15(23)11-19-20(18)16-5-3-4-6-17(16)21(19)22(24,25)26/h3-6,9-13,21,28H,7-8H2,1-2H3/b14-9+,27-12?/t13?,21-/m0/s1. The minimum Gasteiger partial charge on any atom is -0.396 e. The fourth-order valence-corrected chi connectivity index (χ4v) is 3.82. The summed E-state index contributed by atoms with van der Waals surface area (Å²) in [6.07, 6.45) is -0.714. The van der Waals surface area contributed by atoms with E-state index in [0.29, 0.717) is 28.7 Å². The molecule has 0 saturated heterocycles. The number of rotatable bonds is 5. The van der Waals surface area contributed by atoms with Crippen LogP contribution in [0.4, 0.5) is 17.6 Å². The molecule has 0 radical (unpaired) electrons. The van der Waals surface area contributed by atoms with E-state index in [1.807, 2.05) is 13.0 Å². The molecule has 2 aromatic carbocycles. The van der Waals surface area contributed by atoms with Crippen LogP contribution >= 0.6 is 0 Å². The van der Waals surface area contributed by atoms with Crippen LogP contribution in [0.1, 0.15) is 36.0 Å². The summed E-state index contributed by atoms with van der Waals surface area (Å²) in [4.78, 5) is 4.00. The SMILES string of the molecule is CN=C/C(=C\C(C)CCO)c1cc(F)cc2c1-c1ccccc1[C@@H]2C(F)(F)F. The monoisotopic (exact) mass is 391 g/mol. The highest BCUT2D eigenvalue weighted by molar-refractivity contribution is 6.13. The third-order valence-corrected chi connectivity index (χ3v) is 4.94. The van der Waals surface area contributed by atoms with E-state index in [4.69, 9.17) is 5.11 Å². The van der Waals surface area contributed by atoms with Crippen molar-refractivity contribution >= 4 is 11.8 Å². The van der Waals surface area contributed by atoms with Crippen LogP contribution in [0, 0.1) is 11.7 Å². The molecule has 0 fully saturated rings. The van der Waals surface area contributed by atoms with Gasteiger partial charge in [0.1, 0.15) is 11.7 Å². The molecule has 1 aliphatic rings. The maximum absolute atomic E-state index is 14.4. The normalized spacial score (nSPS) is 17.7. The van der Waals surface area contributed by atoms with Crippen LogP contribution in [0.3, 0.4) is 0 Å². The van der Waals surface area contributed by atoms with E-state index in [1.165, 1.54) is 18.3 Å². The van der Waals surface area contributed by atoms with E-state index in [-0.39, 0.29) is 23.7 Å². The van der Waals surface area contributed by atoms with Gasteiger partial charge in [-0.3, -0.25) is 4.99 Å². The van der Waals surface area contributed by atoms with Crippen molar-refractivity contribution in [3.05, 3.63) is 65.0 Å². The van der Waals surface area contributed by atoms with Crippen LogP contribution in [0.5, 0.6) is 0 Å². The molecule has 2 atom stereocenters. The Kier molecular flexibility index (Phi) is 5.70. The molecule has 0 spiro atoms. The summed E-state index contributed by atoms with van der Waals surface area (Å²) in [5.74, 6) is -2.63. The molecule has 0 saturated carbocycles. The van der Waals surface area contributed by atoms with Gasteiger partial charge < -0.3 is 5.11 Å². The van der Waals surface area contributed by atoms with Gasteiger partial charge in [0.05, 0.1) is 0 Å². The fourth-order valence-electron chi connectivity index (χ4n) is 3.82. The first-order chi connectivity index (χ1) is 13.3. The van der Waals surface area contributed by atoms with Gasteiger partial charge in [0.25, 0.3) is 0 Å². The van der Waals surface area contributed by atoms with Gasteiger partial charge in [-0.15, -0.1) is 0 Å². The fraction of sp³-hybridized carbons (Fsp3) is 0.318. The van der Waals surface area contributed by atoms with Crippen molar-refractivity contribution in [3.63, 3.8) is 0 Å². The molecule has 3 rings (SSSR count). The van der Waals surface area contributed by atoms with Crippen LogP contribution < -0.4 is 0 Å². The predicted octanol–water partition coefficient (Wildman–Crippen LogP) is 5.60. The minimum absolute atomic E-state index is 0.0194. The predicted molar refractivity (Wildman–Crippen MR) is 103 cm³/mol. The number of hydrogen-bond donors (Lipinski definition) is 1. The first kappa shape index (κ1) is 20.3. The maximum Gasteiger partial charge on any atom is 0.399 e. The topological polar surface area (TPSA) is 32.6 Å². The number of alkyl halides is 3. The first-order valence-corrected chi connectivity index (χ1v) is 9.02. The molecule has 2 nitrogen and oxygen atoms in total. The number of fused-ring (bicyclic) bond motifs is 3. The molecular formula is C22H21F4NO. The highest BCUT2D eigenvalue weighted by atomic mass is 19.4. The summed E-state index contributed by atoms with van der Waals surface area (Å²) in [5.41, 5.74) is 1.82. The Bertz CT molecular complexity index is 931. The Labute approximate surface area is 161 Å². The summed E-state index contributed by atoms with van der Waals surface area (Å²) < 4.78 is 56.0. The maximum atomic E-state index is 14.4. The van der Waals surface area contributed by atoms with Crippen molar-refractivity contribution in [2.24, 2.45) is 10.9 Å². The Morgan fingerprint density at radius 1 is 1.21 bits per heavy atom. The summed E-state index contributed by atoms with van der Waals surface area (Å²) >= 11 is 0. The highest BCUT2D eigenvalue weighted by Gasteiger charge is 2.48. The lowest BCUT2D eigenvalue weighted by atomic mass is 9.90. The molecule has 2 aromatic rings. The number of benzene rings is 2. The summed E-state index contributed by atoms with van der Waals surface area (Å²) in [6.45, 7) is 1.86. The van der Waals surface area contributed by atoms with Gasteiger partial charge in [-0.05, 0) is 57.9 Å². The van der Waals surface area contributed by atoms with Crippen molar-refractivity contribution < 1.29 is 22.7 Å². The van der Waals surface area contributed by atoms with Crippen molar-refractivity contribution in [2.75, 3.05) is 13.7 Å². The van der Waals surface area contributed by atoms with E-state index in [2.05, 4.69) is 4.99 Å². The molecule has 6 heteroatoms. The van der Waals surface area contributed by atoms with Gasteiger partial charge in [-0.25, -0.2) is 4.39 Å². The van der Waals surface area contributed by atoms with Gasteiger partial charge in [0.2, 0.25) is 0 Å². The quantitative estimate of drug-likeness (QED) is 0.522. The Balaban J connectivity index is 2.30. The Morgan fingerprint density at radius 2 is 1.93 bits per heavy atom. The smallest absolute Gasteiger partial charge is 0.396 e. The van der Waals surface area contributed by atoms with E-state index in [9.17, 15) is 17.6 Å². The zero-order valence-electron chi connectivity index (χ0n) is 15.6. The molecule has 0 amide bonds. The third-order valence-electron chi connectivity index (χ3n) is 4.94. The molecule has 0 aromatic heterocycles. The number of aliphatic imine (C=N–C) groups is 1. The van der Waals surface area contributed by atoms with Gasteiger partial charge in [0.15, 0.2) is 0 Å². The Morgan fingerprint density at radius 3 is 2.57 bits per heavy atom. The minimum atomic E-state index is -4.53.